The topological polar surface area (TPSA) is 140 Å². The van der Waals surface area contributed by atoms with Gasteiger partial charge in [0.1, 0.15) is 11.6 Å². The van der Waals surface area contributed by atoms with Crippen LogP contribution in [0.3, 0.4) is 0 Å². The van der Waals surface area contributed by atoms with E-state index in [9.17, 15) is 18.3 Å². The lowest BCUT2D eigenvalue weighted by atomic mass is 10.0. The summed E-state index contributed by atoms with van der Waals surface area (Å²) < 4.78 is 41.2. The first-order chi connectivity index (χ1) is 18.8. The third kappa shape index (κ3) is 6.51. The lowest BCUT2D eigenvalue weighted by Crippen LogP contribution is -2.40. The fourth-order valence-electron chi connectivity index (χ4n) is 4.82. The molecule has 1 aromatic carbocycles. The Morgan fingerprint density at radius 2 is 1.92 bits per heavy atom. The minimum atomic E-state index is -3.79. The number of rotatable bonds is 13. The van der Waals surface area contributed by atoms with Crippen molar-refractivity contribution in [1.82, 2.24) is 23.8 Å². The van der Waals surface area contributed by atoms with E-state index < -0.39 is 21.7 Å². The summed E-state index contributed by atoms with van der Waals surface area (Å²) in [6.45, 7) is 7.46. The van der Waals surface area contributed by atoms with Crippen LogP contribution in [0.2, 0.25) is 0 Å². The highest BCUT2D eigenvalue weighted by Crippen LogP contribution is 2.33. The van der Waals surface area contributed by atoms with Gasteiger partial charge in [-0.2, -0.15) is 4.31 Å². The number of sulfonamides is 1. The van der Waals surface area contributed by atoms with Crippen LogP contribution >= 0.6 is 0 Å². The number of imidazole rings is 1. The number of nitrogens with one attached hydrogen (secondary N) is 1. The zero-order valence-electron chi connectivity index (χ0n) is 22.9. The maximum atomic E-state index is 13.4. The molecule has 3 aromatic rings. The Bertz CT molecular complexity index is 1410. The zero-order valence-corrected chi connectivity index (χ0v) is 23.7. The summed E-state index contributed by atoms with van der Waals surface area (Å²) >= 11 is 0. The molecule has 1 fully saturated rings. The number of aliphatic hydroxyl groups excluding tert-OH is 1. The average Bonchev–Trinajstić information content (AvgIpc) is 3.36. The molecule has 1 aliphatic rings. The molecule has 0 amide bonds. The van der Waals surface area contributed by atoms with E-state index in [2.05, 4.69) is 16.9 Å². The smallest absolute Gasteiger partial charge is 0.279 e. The molecule has 214 valence electrons. The fourth-order valence-corrected chi connectivity index (χ4v) is 6.25. The molecular weight excluding hydrogens is 522 g/mol. The molecule has 4 rings (SSSR count). The summed E-state index contributed by atoms with van der Waals surface area (Å²) in [5, 5.41) is 10.6. The quantitative estimate of drug-likeness (QED) is 0.302. The molecule has 2 N–H and O–H groups in total. The number of nitrogens with zero attached hydrogens (tertiary/aromatic N) is 4. The Morgan fingerprint density at radius 3 is 2.62 bits per heavy atom. The minimum absolute atomic E-state index is 0.0808. The molecule has 0 saturated carbocycles. The Kier molecular flexibility index (Phi) is 9.76. The van der Waals surface area contributed by atoms with Gasteiger partial charge in [0.2, 0.25) is 10.0 Å². The lowest BCUT2D eigenvalue weighted by Gasteiger charge is -2.26. The second-order valence-corrected chi connectivity index (χ2v) is 11.9. The predicted octanol–water partition coefficient (Wildman–Crippen LogP) is 3.49. The maximum absolute atomic E-state index is 13.4. The number of ether oxygens (including phenoxy) is 2. The summed E-state index contributed by atoms with van der Waals surface area (Å²) in [6, 6.07) is 4.31. The molecule has 11 nitrogen and oxygen atoms in total. The van der Waals surface area contributed by atoms with Crippen molar-refractivity contribution >= 4 is 21.2 Å². The van der Waals surface area contributed by atoms with Crippen molar-refractivity contribution in [1.29, 1.82) is 0 Å². The Morgan fingerprint density at radius 1 is 1.15 bits per heavy atom. The molecule has 2 aromatic heterocycles. The van der Waals surface area contributed by atoms with Crippen LogP contribution in [0.1, 0.15) is 65.3 Å². The molecule has 39 heavy (non-hydrogen) atoms. The summed E-state index contributed by atoms with van der Waals surface area (Å²) in [6.07, 6.45) is 6.52. The van der Waals surface area contributed by atoms with Crippen molar-refractivity contribution in [3.63, 3.8) is 0 Å². The number of aromatic amines is 1. The lowest BCUT2D eigenvalue weighted by molar-refractivity contribution is 0.0730. The first kappa shape index (κ1) is 29.2. The number of aromatic nitrogens is 4. The molecular formula is C27H39N5O6S. The minimum Gasteiger partial charge on any atom is -0.493 e. The van der Waals surface area contributed by atoms with Gasteiger partial charge >= 0.3 is 0 Å². The number of hydrogen-bond acceptors (Lipinski definition) is 8. The van der Waals surface area contributed by atoms with Crippen LogP contribution in [0, 0.1) is 0 Å². The van der Waals surface area contributed by atoms with Crippen LogP contribution in [0.4, 0.5) is 0 Å². The van der Waals surface area contributed by atoms with E-state index in [1.54, 1.807) is 23.9 Å². The normalized spacial score (nSPS) is 16.4. The van der Waals surface area contributed by atoms with Crippen molar-refractivity contribution < 1.29 is 23.0 Å². The van der Waals surface area contributed by atoms with Crippen molar-refractivity contribution in [3.05, 3.63) is 34.9 Å². The predicted molar refractivity (Wildman–Crippen MR) is 148 cm³/mol. The number of hydrogen-bond donors (Lipinski definition) is 2. The van der Waals surface area contributed by atoms with Crippen LogP contribution in [-0.4, -0.2) is 76.4 Å². The summed E-state index contributed by atoms with van der Waals surface area (Å²) in [5.41, 5.74) is 0.400. The van der Waals surface area contributed by atoms with Crippen LogP contribution < -0.4 is 10.3 Å². The highest BCUT2D eigenvalue weighted by atomic mass is 32.2. The van der Waals surface area contributed by atoms with Gasteiger partial charge in [-0.05, 0) is 38.0 Å². The molecule has 3 heterocycles. The van der Waals surface area contributed by atoms with Crippen LogP contribution in [-0.2, 0) is 14.8 Å². The SMILES string of the molecule is CCCCCCC(C(C)O)n1cnc2c(=O)[nH]c(-c3cc(S(=O)(=O)N4CCOCC4)ccc3OCCC)nc21. The number of benzene rings is 1. The van der Waals surface area contributed by atoms with E-state index in [4.69, 9.17) is 14.5 Å². The van der Waals surface area contributed by atoms with Gasteiger partial charge in [-0.3, -0.25) is 4.79 Å². The van der Waals surface area contributed by atoms with E-state index in [0.29, 0.717) is 43.2 Å². The molecule has 2 unspecified atom stereocenters. The molecule has 0 bridgehead atoms. The highest BCUT2D eigenvalue weighted by Gasteiger charge is 2.28. The molecule has 1 aliphatic heterocycles. The van der Waals surface area contributed by atoms with Gasteiger partial charge in [0.15, 0.2) is 11.2 Å². The van der Waals surface area contributed by atoms with Crippen molar-refractivity contribution in [3.8, 4) is 17.1 Å². The van der Waals surface area contributed by atoms with E-state index in [-0.39, 0.29) is 35.4 Å². The van der Waals surface area contributed by atoms with Gasteiger partial charge in [0.25, 0.3) is 5.56 Å². The Hall–Kier alpha value is -2.80. The van der Waals surface area contributed by atoms with Gasteiger partial charge in [-0.15, -0.1) is 0 Å². The van der Waals surface area contributed by atoms with Gasteiger partial charge in [-0.25, -0.2) is 18.4 Å². The van der Waals surface area contributed by atoms with Crippen LogP contribution in [0.15, 0.2) is 34.2 Å². The van der Waals surface area contributed by atoms with E-state index >= 15 is 0 Å². The number of fused-ring (bicyclic) bond motifs is 1. The molecule has 12 heteroatoms. The maximum Gasteiger partial charge on any atom is 0.279 e. The number of unbranched alkanes of at least 4 members (excludes halogenated alkanes) is 3. The molecule has 1 saturated heterocycles. The first-order valence-electron chi connectivity index (χ1n) is 13.8. The highest BCUT2D eigenvalue weighted by molar-refractivity contribution is 7.89. The number of aliphatic hydroxyl groups is 1. The monoisotopic (exact) mass is 561 g/mol. The van der Waals surface area contributed by atoms with Crippen LogP contribution in [0.5, 0.6) is 5.75 Å². The number of morpholine rings is 1. The second kappa shape index (κ2) is 13.0. The summed E-state index contributed by atoms with van der Waals surface area (Å²) in [7, 11) is -3.79. The largest absolute Gasteiger partial charge is 0.493 e. The van der Waals surface area contributed by atoms with E-state index in [0.717, 1.165) is 32.1 Å². The van der Waals surface area contributed by atoms with E-state index in [1.165, 1.54) is 16.4 Å². The molecule has 0 aliphatic carbocycles. The van der Waals surface area contributed by atoms with Crippen molar-refractivity contribution in [2.45, 2.75) is 76.3 Å². The molecule has 2 atom stereocenters. The van der Waals surface area contributed by atoms with Gasteiger partial charge in [0, 0.05) is 13.1 Å². The van der Waals surface area contributed by atoms with Gasteiger partial charge < -0.3 is 24.1 Å². The standard InChI is InChI=1S/C27H39N5O6S/c1-4-6-7-8-9-22(19(3)33)32-18-28-24-26(32)29-25(30-27(24)34)21-17-20(10-11-23(21)38-14-5-2)39(35,36)31-12-15-37-16-13-31/h10-11,17-19,22,33H,4-9,12-16H2,1-3H3,(H,29,30,34). The average molecular weight is 562 g/mol. The second-order valence-electron chi connectivity index (χ2n) is 9.92. The summed E-state index contributed by atoms with van der Waals surface area (Å²) in [4.78, 5) is 25.0. The van der Waals surface area contributed by atoms with Crippen molar-refractivity contribution in [2.75, 3.05) is 32.9 Å². The van der Waals surface area contributed by atoms with E-state index in [1.807, 2.05) is 6.92 Å². The van der Waals surface area contributed by atoms with Gasteiger partial charge in [0.05, 0.1) is 48.8 Å². The first-order valence-corrected chi connectivity index (χ1v) is 15.2. The summed E-state index contributed by atoms with van der Waals surface area (Å²) in [5.74, 6) is 0.590. The molecule has 0 spiro atoms. The Labute approximate surface area is 229 Å². The van der Waals surface area contributed by atoms with Gasteiger partial charge in [-0.1, -0.05) is 39.5 Å². The third-order valence-corrected chi connectivity index (χ3v) is 8.87. The Balaban J connectivity index is 1.80. The molecule has 0 radical (unpaired) electrons. The van der Waals surface area contributed by atoms with Crippen LogP contribution in [0.25, 0.3) is 22.6 Å². The fraction of sp³-hybridized carbons (Fsp3) is 0.593. The third-order valence-electron chi connectivity index (χ3n) is 6.98. The van der Waals surface area contributed by atoms with Crippen molar-refractivity contribution in [2.24, 2.45) is 0 Å². The zero-order chi connectivity index (χ0) is 28.0. The number of H-pyrrole nitrogens is 1.